The third-order valence-corrected chi connectivity index (χ3v) is 6.17. The lowest BCUT2D eigenvalue weighted by molar-refractivity contribution is -0.173. The Morgan fingerprint density at radius 1 is 0.935 bits per heavy atom. The fraction of sp³-hybridized carbons (Fsp3) is 0.333. The highest BCUT2D eigenvalue weighted by atomic mass is 16.5. The molecule has 7 nitrogen and oxygen atoms in total. The number of aromatic nitrogens is 3. The Labute approximate surface area is 181 Å². The Morgan fingerprint density at radius 3 is 2.48 bits per heavy atom. The van der Waals surface area contributed by atoms with Crippen molar-refractivity contribution in [1.82, 2.24) is 24.8 Å². The maximum Gasteiger partial charge on any atom is 0.257 e. The molecule has 0 radical (unpaired) electrons. The smallest absolute Gasteiger partial charge is 0.257 e. The van der Waals surface area contributed by atoms with Crippen LogP contribution in [-0.2, 0) is 22.6 Å². The van der Waals surface area contributed by atoms with E-state index in [2.05, 4.69) is 25.9 Å². The second kappa shape index (κ2) is 8.53. The minimum absolute atomic E-state index is 0.0538. The van der Waals surface area contributed by atoms with E-state index in [0.717, 1.165) is 29.8 Å². The van der Waals surface area contributed by atoms with Crippen molar-refractivity contribution in [3.8, 4) is 0 Å². The number of hydrogen-bond donors (Lipinski definition) is 0. The van der Waals surface area contributed by atoms with E-state index in [9.17, 15) is 4.79 Å². The quantitative estimate of drug-likeness (QED) is 0.637. The zero-order valence-corrected chi connectivity index (χ0v) is 17.3. The Balaban J connectivity index is 1.45. The lowest BCUT2D eigenvalue weighted by Crippen LogP contribution is -2.59. The van der Waals surface area contributed by atoms with Gasteiger partial charge in [-0.05, 0) is 41.0 Å². The molecule has 2 aliphatic heterocycles. The van der Waals surface area contributed by atoms with Crippen LogP contribution in [0.4, 0.5) is 0 Å². The second-order valence-electron chi connectivity index (χ2n) is 8.19. The molecule has 2 atom stereocenters. The molecule has 0 aliphatic carbocycles. The SMILES string of the molecule is O=C1N(Cc2ccncc2)CCO[C@@]12CN(Cc1cccnc1)C[C@H]2c1cccnc1. The first kappa shape index (κ1) is 19.8. The fourth-order valence-electron chi connectivity index (χ4n) is 4.73. The zero-order valence-electron chi connectivity index (χ0n) is 17.3. The Kier molecular flexibility index (Phi) is 5.44. The highest BCUT2D eigenvalue weighted by Gasteiger charge is 2.56. The lowest BCUT2D eigenvalue weighted by atomic mass is 9.83. The van der Waals surface area contributed by atoms with Gasteiger partial charge < -0.3 is 9.64 Å². The van der Waals surface area contributed by atoms with E-state index in [1.165, 1.54) is 0 Å². The molecule has 0 aromatic carbocycles. The molecule has 2 fully saturated rings. The predicted molar refractivity (Wildman–Crippen MR) is 115 cm³/mol. The fourth-order valence-corrected chi connectivity index (χ4v) is 4.73. The molecule has 5 rings (SSSR count). The molecule has 7 heteroatoms. The van der Waals surface area contributed by atoms with Gasteiger partial charge in [0.15, 0.2) is 5.60 Å². The zero-order chi connectivity index (χ0) is 21.1. The largest absolute Gasteiger partial charge is 0.361 e. The summed E-state index contributed by atoms with van der Waals surface area (Å²) in [7, 11) is 0. The van der Waals surface area contributed by atoms with E-state index in [1.807, 2.05) is 47.6 Å². The van der Waals surface area contributed by atoms with Crippen molar-refractivity contribution in [2.75, 3.05) is 26.2 Å². The second-order valence-corrected chi connectivity index (χ2v) is 8.19. The molecule has 1 amide bonds. The van der Waals surface area contributed by atoms with Gasteiger partial charge in [0, 0.05) is 75.8 Å². The van der Waals surface area contributed by atoms with Crippen molar-refractivity contribution >= 4 is 5.91 Å². The van der Waals surface area contributed by atoms with Gasteiger partial charge in [-0.15, -0.1) is 0 Å². The standard InChI is InChI=1S/C24H25N5O2/c30-23-24(31-12-11-29(23)16-19-5-9-25-10-6-19)18-28(15-20-3-1-7-26-13-20)17-22(24)21-4-2-8-27-14-21/h1-10,13-14,22H,11-12,15-18H2/t22-,24+/m0/s1. The number of pyridine rings is 3. The van der Waals surface area contributed by atoms with Gasteiger partial charge in [0.2, 0.25) is 0 Å². The van der Waals surface area contributed by atoms with Crippen LogP contribution in [0.2, 0.25) is 0 Å². The maximum absolute atomic E-state index is 13.9. The van der Waals surface area contributed by atoms with E-state index in [0.29, 0.717) is 26.2 Å². The first-order chi connectivity index (χ1) is 15.2. The van der Waals surface area contributed by atoms with Gasteiger partial charge in [0.25, 0.3) is 5.91 Å². The molecule has 2 aliphatic rings. The summed E-state index contributed by atoms with van der Waals surface area (Å²) in [6.45, 7) is 3.68. The first-order valence-electron chi connectivity index (χ1n) is 10.6. The van der Waals surface area contributed by atoms with Crippen molar-refractivity contribution in [2.45, 2.75) is 24.6 Å². The van der Waals surface area contributed by atoms with Crippen molar-refractivity contribution in [3.05, 3.63) is 90.3 Å². The van der Waals surface area contributed by atoms with Crippen LogP contribution in [0.5, 0.6) is 0 Å². The number of morpholine rings is 1. The van der Waals surface area contributed by atoms with Gasteiger partial charge in [-0.25, -0.2) is 0 Å². The van der Waals surface area contributed by atoms with E-state index in [1.54, 1.807) is 24.8 Å². The predicted octanol–water partition coefficient (Wildman–Crippen LogP) is 2.27. The molecule has 0 bridgehead atoms. The molecule has 158 valence electrons. The topological polar surface area (TPSA) is 71.5 Å². The Morgan fingerprint density at radius 2 is 1.74 bits per heavy atom. The molecule has 0 saturated carbocycles. The molecule has 0 N–H and O–H groups in total. The lowest BCUT2D eigenvalue weighted by Gasteiger charge is -2.42. The summed E-state index contributed by atoms with van der Waals surface area (Å²) in [6, 6.07) is 11.9. The summed E-state index contributed by atoms with van der Waals surface area (Å²) in [5.74, 6) is -0.0243. The highest BCUT2D eigenvalue weighted by molar-refractivity contribution is 5.88. The van der Waals surface area contributed by atoms with Crippen LogP contribution in [0, 0.1) is 0 Å². The summed E-state index contributed by atoms with van der Waals surface area (Å²) in [4.78, 5) is 30.7. The number of ether oxygens (including phenoxy) is 1. The van der Waals surface area contributed by atoms with Crippen LogP contribution in [0.15, 0.2) is 73.6 Å². The molecule has 2 saturated heterocycles. The van der Waals surface area contributed by atoms with Gasteiger partial charge in [-0.2, -0.15) is 0 Å². The third-order valence-electron chi connectivity index (χ3n) is 6.17. The van der Waals surface area contributed by atoms with Crippen LogP contribution in [0.25, 0.3) is 0 Å². The van der Waals surface area contributed by atoms with Gasteiger partial charge >= 0.3 is 0 Å². The van der Waals surface area contributed by atoms with Crippen LogP contribution in [-0.4, -0.2) is 62.5 Å². The number of likely N-dealkylation sites (tertiary alicyclic amines) is 1. The van der Waals surface area contributed by atoms with E-state index >= 15 is 0 Å². The molecule has 3 aromatic heterocycles. The van der Waals surface area contributed by atoms with Crippen molar-refractivity contribution in [1.29, 1.82) is 0 Å². The molecule has 1 spiro atoms. The van der Waals surface area contributed by atoms with E-state index < -0.39 is 5.60 Å². The number of rotatable bonds is 5. The van der Waals surface area contributed by atoms with Crippen LogP contribution in [0.3, 0.4) is 0 Å². The average molecular weight is 415 g/mol. The number of amides is 1. The summed E-state index contributed by atoms with van der Waals surface area (Å²) in [5.41, 5.74) is 2.33. The van der Waals surface area contributed by atoms with Gasteiger partial charge in [-0.3, -0.25) is 24.6 Å². The molecular formula is C24H25N5O2. The summed E-state index contributed by atoms with van der Waals surface area (Å²) in [5, 5.41) is 0. The monoisotopic (exact) mass is 415 g/mol. The molecular weight excluding hydrogens is 390 g/mol. The minimum atomic E-state index is -0.906. The molecule has 31 heavy (non-hydrogen) atoms. The number of carbonyl (C=O) groups excluding carboxylic acids is 1. The van der Waals surface area contributed by atoms with Crippen molar-refractivity contribution < 1.29 is 9.53 Å². The van der Waals surface area contributed by atoms with Gasteiger partial charge in [0.05, 0.1) is 6.61 Å². The maximum atomic E-state index is 13.9. The van der Waals surface area contributed by atoms with E-state index in [4.69, 9.17) is 4.74 Å². The van der Waals surface area contributed by atoms with Crippen LogP contribution in [0.1, 0.15) is 22.6 Å². The van der Waals surface area contributed by atoms with Gasteiger partial charge in [-0.1, -0.05) is 12.1 Å². The van der Waals surface area contributed by atoms with Gasteiger partial charge in [0.1, 0.15) is 0 Å². The van der Waals surface area contributed by atoms with Crippen LogP contribution < -0.4 is 0 Å². The Hall–Kier alpha value is -3.16. The molecule has 5 heterocycles. The normalized spacial score (nSPS) is 24.1. The molecule has 0 unspecified atom stereocenters. The number of hydrogen-bond acceptors (Lipinski definition) is 6. The third kappa shape index (κ3) is 3.94. The highest BCUT2D eigenvalue weighted by Crippen LogP contribution is 2.42. The summed E-state index contributed by atoms with van der Waals surface area (Å²) in [6.07, 6.45) is 10.8. The van der Waals surface area contributed by atoms with E-state index in [-0.39, 0.29) is 11.8 Å². The number of carbonyl (C=O) groups is 1. The molecule has 3 aromatic rings. The van der Waals surface area contributed by atoms with Crippen molar-refractivity contribution in [2.24, 2.45) is 0 Å². The summed E-state index contributed by atoms with van der Waals surface area (Å²) < 4.78 is 6.35. The van der Waals surface area contributed by atoms with Crippen LogP contribution >= 0.6 is 0 Å². The average Bonchev–Trinajstić information content (AvgIpc) is 3.17. The van der Waals surface area contributed by atoms with Crippen molar-refractivity contribution in [3.63, 3.8) is 0 Å². The summed E-state index contributed by atoms with van der Waals surface area (Å²) >= 11 is 0. The first-order valence-corrected chi connectivity index (χ1v) is 10.6. The minimum Gasteiger partial charge on any atom is -0.361 e. The Bertz CT molecular complexity index is 1020. The number of nitrogens with zero attached hydrogens (tertiary/aromatic N) is 5.